The third kappa shape index (κ3) is 5.55. The van der Waals surface area contributed by atoms with Crippen molar-refractivity contribution in [2.24, 2.45) is 0 Å². The Labute approximate surface area is 126 Å². The van der Waals surface area contributed by atoms with Gasteiger partial charge in [-0.15, -0.1) is 0 Å². The topological polar surface area (TPSA) is 69.6 Å². The molecule has 0 aromatic heterocycles. The zero-order valence-corrected chi connectivity index (χ0v) is 12.9. The number of carbonyl (C=O) groups is 2. The van der Waals surface area contributed by atoms with Gasteiger partial charge in [-0.2, -0.15) is 0 Å². The fraction of sp³-hybridized carbons (Fsp3) is 0.500. The van der Waals surface area contributed by atoms with Gasteiger partial charge >= 0.3 is 5.97 Å². The van der Waals surface area contributed by atoms with E-state index in [2.05, 4.69) is 5.32 Å². The number of amides is 1. The minimum absolute atomic E-state index is 0.0661. The summed E-state index contributed by atoms with van der Waals surface area (Å²) in [5.41, 5.74) is 1.73. The summed E-state index contributed by atoms with van der Waals surface area (Å²) in [4.78, 5) is 24.8. The number of benzene rings is 1. The number of nitrogens with one attached hydrogen (secondary N) is 1. The van der Waals surface area contributed by atoms with E-state index in [1.165, 1.54) is 0 Å². The van der Waals surface area contributed by atoms with E-state index in [0.717, 1.165) is 17.7 Å². The van der Waals surface area contributed by atoms with Crippen molar-refractivity contribution in [3.63, 3.8) is 0 Å². The van der Waals surface area contributed by atoms with E-state index in [1.807, 2.05) is 45.0 Å². The van der Waals surface area contributed by atoms with Crippen LogP contribution in [0.3, 0.4) is 0 Å². The molecule has 0 bridgehead atoms. The van der Waals surface area contributed by atoms with E-state index < -0.39 is 5.97 Å². The molecular formula is C16H24N2O3. The maximum atomic E-state index is 12.4. The lowest BCUT2D eigenvalue weighted by Crippen LogP contribution is -2.42. The van der Waals surface area contributed by atoms with Gasteiger partial charge in [-0.3, -0.25) is 9.59 Å². The zero-order chi connectivity index (χ0) is 15.8. The van der Waals surface area contributed by atoms with Gasteiger partial charge in [-0.05, 0) is 31.9 Å². The van der Waals surface area contributed by atoms with Crippen molar-refractivity contribution in [3.05, 3.63) is 29.8 Å². The van der Waals surface area contributed by atoms with Crippen LogP contribution in [0.1, 0.15) is 32.3 Å². The lowest BCUT2D eigenvalue weighted by Gasteiger charge is -2.25. The fourth-order valence-corrected chi connectivity index (χ4v) is 1.95. The van der Waals surface area contributed by atoms with E-state index in [-0.39, 0.29) is 31.5 Å². The smallest absolute Gasteiger partial charge is 0.305 e. The predicted molar refractivity (Wildman–Crippen MR) is 83.5 cm³/mol. The second-order valence-corrected chi connectivity index (χ2v) is 5.17. The first-order valence-electron chi connectivity index (χ1n) is 7.26. The number of carboxylic acid groups (broad SMARTS) is 1. The van der Waals surface area contributed by atoms with Crippen molar-refractivity contribution >= 4 is 17.6 Å². The molecular weight excluding hydrogens is 268 g/mol. The summed E-state index contributed by atoms with van der Waals surface area (Å²) in [7, 11) is 0. The van der Waals surface area contributed by atoms with Crippen LogP contribution in [0, 0.1) is 6.92 Å². The quantitative estimate of drug-likeness (QED) is 0.770. The summed E-state index contributed by atoms with van der Waals surface area (Å²) in [5, 5.41) is 12.0. The number of aryl methyl sites for hydroxylation is 1. The Kier molecular flexibility index (Phi) is 6.88. The average molecular weight is 292 g/mol. The first-order valence-corrected chi connectivity index (χ1v) is 7.26. The molecule has 5 nitrogen and oxygen atoms in total. The normalized spacial score (nSPS) is 12.0. The van der Waals surface area contributed by atoms with Crippen LogP contribution >= 0.6 is 0 Å². The van der Waals surface area contributed by atoms with Crippen LogP contribution < -0.4 is 10.2 Å². The van der Waals surface area contributed by atoms with Gasteiger partial charge < -0.3 is 15.3 Å². The summed E-state index contributed by atoms with van der Waals surface area (Å²) < 4.78 is 0. The molecule has 0 aliphatic heterocycles. The molecule has 0 saturated carbocycles. The molecule has 1 aromatic carbocycles. The van der Waals surface area contributed by atoms with Crippen molar-refractivity contribution in [3.8, 4) is 0 Å². The largest absolute Gasteiger partial charge is 0.481 e. The maximum absolute atomic E-state index is 12.4. The molecule has 0 fully saturated rings. The number of carbonyl (C=O) groups excluding carboxylic acids is 1. The van der Waals surface area contributed by atoms with Crippen molar-refractivity contribution in [1.29, 1.82) is 0 Å². The number of rotatable bonds is 8. The highest BCUT2D eigenvalue weighted by molar-refractivity contribution is 5.95. The summed E-state index contributed by atoms with van der Waals surface area (Å²) in [6.07, 6.45) is 0.871. The van der Waals surface area contributed by atoms with Crippen LogP contribution in [0.2, 0.25) is 0 Å². The third-order valence-electron chi connectivity index (χ3n) is 3.47. The molecule has 1 rings (SSSR count). The summed E-state index contributed by atoms with van der Waals surface area (Å²) in [5.74, 6) is -1.01. The highest BCUT2D eigenvalue weighted by Crippen LogP contribution is 2.19. The van der Waals surface area contributed by atoms with E-state index in [1.54, 1.807) is 4.90 Å². The molecule has 0 radical (unpaired) electrons. The van der Waals surface area contributed by atoms with Crippen molar-refractivity contribution in [1.82, 2.24) is 5.32 Å². The Bertz CT molecular complexity index is 488. The second-order valence-electron chi connectivity index (χ2n) is 5.17. The Hall–Kier alpha value is -1.88. The SMILES string of the molecule is CCC(C)NCC(=O)N(CCC(=O)O)c1ccccc1C. The van der Waals surface area contributed by atoms with Crippen molar-refractivity contribution < 1.29 is 14.7 Å². The molecule has 5 heteroatoms. The number of hydrogen-bond acceptors (Lipinski definition) is 3. The lowest BCUT2D eigenvalue weighted by atomic mass is 10.1. The Morgan fingerprint density at radius 3 is 2.57 bits per heavy atom. The summed E-state index contributed by atoms with van der Waals surface area (Å²) >= 11 is 0. The predicted octanol–water partition coefficient (Wildman–Crippen LogP) is 2.19. The van der Waals surface area contributed by atoms with Crippen molar-refractivity contribution in [2.75, 3.05) is 18.0 Å². The lowest BCUT2D eigenvalue weighted by molar-refractivity contribution is -0.136. The van der Waals surface area contributed by atoms with Gasteiger partial charge in [-0.1, -0.05) is 25.1 Å². The van der Waals surface area contributed by atoms with Gasteiger partial charge in [0.2, 0.25) is 5.91 Å². The van der Waals surface area contributed by atoms with Gasteiger partial charge in [-0.25, -0.2) is 0 Å². The first kappa shape index (κ1) is 17.2. The van der Waals surface area contributed by atoms with Crippen LogP contribution in [-0.4, -0.2) is 36.1 Å². The zero-order valence-electron chi connectivity index (χ0n) is 12.9. The second kappa shape index (κ2) is 8.42. The van der Waals surface area contributed by atoms with Crippen LogP contribution in [0.15, 0.2) is 24.3 Å². The molecule has 0 saturated heterocycles. The van der Waals surface area contributed by atoms with Crippen LogP contribution in [0.4, 0.5) is 5.69 Å². The molecule has 21 heavy (non-hydrogen) atoms. The standard InChI is InChI=1S/C16H24N2O3/c1-4-13(3)17-11-15(19)18(10-9-16(20)21)14-8-6-5-7-12(14)2/h5-8,13,17H,4,9-11H2,1-3H3,(H,20,21). The minimum atomic E-state index is -0.906. The van der Waals surface area contributed by atoms with Crippen LogP contribution in [0.25, 0.3) is 0 Å². The Morgan fingerprint density at radius 1 is 1.33 bits per heavy atom. The van der Waals surface area contributed by atoms with Gasteiger partial charge in [0.1, 0.15) is 0 Å². The van der Waals surface area contributed by atoms with Gasteiger partial charge in [0.05, 0.1) is 13.0 Å². The Morgan fingerprint density at radius 2 is 2.00 bits per heavy atom. The minimum Gasteiger partial charge on any atom is -0.481 e. The molecule has 0 aliphatic rings. The highest BCUT2D eigenvalue weighted by Gasteiger charge is 2.18. The number of carboxylic acids is 1. The molecule has 1 unspecified atom stereocenters. The fourth-order valence-electron chi connectivity index (χ4n) is 1.95. The number of nitrogens with zero attached hydrogens (tertiary/aromatic N) is 1. The number of para-hydroxylation sites is 1. The highest BCUT2D eigenvalue weighted by atomic mass is 16.4. The molecule has 0 aliphatic carbocycles. The molecule has 1 aromatic rings. The molecule has 116 valence electrons. The number of aliphatic carboxylic acids is 1. The summed E-state index contributed by atoms with van der Waals surface area (Å²) in [6.45, 7) is 6.37. The molecule has 0 spiro atoms. The number of hydrogen-bond donors (Lipinski definition) is 2. The van der Waals surface area contributed by atoms with Crippen molar-refractivity contribution in [2.45, 2.75) is 39.7 Å². The summed E-state index contributed by atoms with van der Waals surface area (Å²) in [6, 6.07) is 7.77. The first-order chi connectivity index (χ1) is 9.95. The monoisotopic (exact) mass is 292 g/mol. The van der Waals surface area contributed by atoms with Gasteiger partial charge in [0, 0.05) is 18.3 Å². The third-order valence-corrected chi connectivity index (χ3v) is 3.47. The average Bonchev–Trinajstić information content (AvgIpc) is 2.46. The van der Waals surface area contributed by atoms with Gasteiger partial charge in [0.15, 0.2) is 0 Å². The molecule has 0 heterocycles. The van der Waals surface area contributed by atoms with E-state index in [4.69, 9.17) is 5.11 Å². The molecule has 2 N–H and O–H groups in total. The maximum Gasteiger partial charge on any atom is 0.305 e. The van der Waals surface area contributed by atoms with Gasteiger partial charge in [0.25, 0.3) is 0 Å². The van der Waals surface area contributed by atoms with Crippen LogP contribution in [-0.2, 0) is 9.59 Å². The van der Waals surface area contributed by atoms with Crippen LogP contribution in [0.5, 0.6) is 0 Å². The molecule has 1 amide bonds. The molecule has 1 atom stereocenters. The Balaban J connectivity index is 2.84. The van der Waals surface area contributed by atoms with E-state index in [9.17, 15) is 9.59 Å². The van der Waals surface area contributed by atoms with E-state index >= 15 is 0 Å². The van der Waals surface area contributed by atoms with E-state index in [0.29, 0.717) is 0 Å². The number of anilines is 1.